The van der Waals surface area contributed by atoms with E-state index >= 15 is 0 Å². The standard InChI is InChI=1S/C17H10Cl2FN5O/c18-12-6-7-13(23-24-21)14(16(12)20)11-8-22-25(17(26)15(11)19)9-10-4-2-1-3-5-10/h1-8H,9H2. The predicted octanol–water partition coefficient (Wildman–Crippen LogP) is 5.35. The maximum Gasteiger partial charge on any atom is 0.286 e. The van der Waals surface area contributed by atoms with Crippen LogP contribution in [0.15, 0.2) is 58.6 Å². The Bertz CT molecular complexity index is 1080. The molecule has 0 aliphatic rings. The molecule has 2 aromatic carbocycles. The van der Waals surface area contributed by atoms with E-state index in [0.29, 0.717) is 0 Å². The first-order chi connectivity index (χ1) is 12.5. The summed E-state index contributed by atoms with van der Waals surface area (Å²) in [4.78, 5) is 15.2. The van der Waals surface area contributed by atoms with Gasteiger partial charge in [-0.15, -0.1) is 0 Å². The lowest BCUT2D eigenvalue weighted by Crippen LogP contribution is -2.24. The fourth-order valence-electron chi connectivity index (χ4n) is 2.44. The van der Waals surface area contributed by atoms with Crippen molar-refractivity contribution in [2.24, 2.45) is 5.11 Å². The molecule has 26 heavy (non-hydrogen) atoms. The fraction of sp³-hybridized carbons (Fsp3) is 0.0588. The number of aromatic nitrogens is 2. The van der Waals surface area contributed by atoms with Crippen LogP contribution in [0.4, 0.5) is 10.1 Å². The molecule has 0 fully saturated rings. The van der Waals surface area contributed by atoms with Crippen LogP contribution in [-0.4, -0.2) is 9.78 Å². The molecule has 0 aliphatic heterocycles. The first-order valence-electron chi connectivity index (χ1n) is 7.36. The van der Waals surface area contributed by atoms with Crippen molar-refractivity contribution in [2.75, 3.05) is 0 Å². The molecule has 0 bridgehead atoms. The highest BCUT2D eigenvalue weighted by molar-refractivity contribution is 6.34. The molecule has 0 N–H and O–H groups in total. The number of hydrogen-bond acceptors (Lipinski definition) is 3. The van der Waals surface area contributed by atoms with Crippen LogP contribution in [0.25, 0.3) is 21.6 Å². The highest BCUT2D eigenvalue weighted by Gasteiger charge is 2.19. The number of halogens is 3. The smallest absolute Gasteiger partial charge is 0.266 e. The lowest BCUT2D eigenvalue weighted by atomic mass is 10.1. The van der Waals surface area contributed by atoms with Gasteiger partial charge in [0.1, 0.15) is 10.8 Å². The van der Waals surface area contributed by atoms with E-state index in [1.165, 1.54) is 18.3 Å². The maximum atomic E-state index is 14.5. The van der Waals surface area contributed by atoms with Gasteiger partial charge in [-0.3, -0.25) is 4.79 Å². The third-order valence-electron chi connectivity index (χ3n) is 3.65. The zero-order chi connectivity index (χ0) is 18.7. The highest BCUT2D eigenvalue weighted by atomic mass is 35.5. The van der Waals surface area contributed by atoms with Gasteiger partial charge in [-0.05, 0) is 17.2 Å². The van der Waals surface area contributed by atoms with Crippen LogP contribution in [0.5, 0.6) is 0 Å². The second-order valence-corrected chi connectivity index (χ2v) is 6.05. The Morgan fingerprint density at radius 1 is 1.19 bits per heavy atom. The van der Waals surface area contributed by atoms with Crippen molar-refractivity contribution in [2.45, 2.75) is 6.54 Å². The Hall–Kier alpha value is -2.86. The van der Waals surface area contributed by atoms with Gasteiger partial charge in [0.2, 0.25) is 0 Å². The second kappa shape index (κ2) is 7.58. The minimum absolute atomic E-state index is 0.00313. The summed E-state index contributed by atoms with van der Waals surface area (Å²) in [5.74, 6) is -0.847. The number of hydrogen-bond donors (Lipinski definition) is 0. The minimum Gasteiger partial charge on any atom is -0.266 e. The van der Waals surface area contributed by atoms with Gasteiger partial charge in [0, 0.05) is 21.7 Å². The van der Waals surface area contributed by atoms with E-state index < -0.39 is 11.4 Å². The summed E-state index contributed by atoms with van der Waals surface area (Å²) in [7, 11) is 0. The van der Waals surface area contributed by atoms with E-state index in [1.54, 1.807) is 0 Å². The third kappa shape index (κ3) is 3.41. The van der Waals surface area contributed by atoms with Crippen LogP contribution < -0.4 is 5.56 Å². The summed E-state index contributed by atoms with van der Waals surface area (Å²) in [6.45, 7) is 0.209. The van der Waals surface area contributed by atoms with Crippen molar-refractivity contribution in [1.82, 2.24) is 9.78 Å². The van der Waals surface area contributed by atoms with Crippen molar-refractivity contribution < 1.29 is 4.39 Å². The van der Waals surface area contributed by atoms with Gasteiger partial charge in [0.15, 0.2) is 0 Å². The summed E-state index contributed by atoms with van der Waals surface area (Å²) in [5, 5.41) is 7.05. The molecule has 0 atom stereocenters. The molecule has 0 saturated carbocycles. The third-order valence-corrected chi connectivity index (χ3v) is 4.31. The minimum atomic E-state index is -0.847. The average molecular weight is 390 g/mol. The van der Waals surface area contributed by atoms with E-state index in [-0.39, 0.29) is 33.4 Å². The van der Waals surface area contributed by atoms with Crippen LogP contribution in [0.3, 0.4) is 0 Å². The first-order valence-corrected chi connectivity index (χ1v) is 8.11. The van der Waals surface area contributed by atoms with Crippen LogP contribution in [0.1, 0.15) is 5.56 Å². The molecule has 3 aromatic rings. The van der Waals surface area contributed by atoms with Gasteiger partial charge in [-0.25, -0.2) is 9.07 Å². The van der Waals surface area contributed by atoms with Gasteiger partial charge >= 0.3 is 0 Å². The molecule has 0 amide bonds. The van der Waals surface area contributed by atoms with Crippen molar-refractivity contribution in [1.29, 1.82) is 0 Å². The van der Waals surface area contributed by atoms with Gasteiger partial charge in [0.25, 0.3) is 5.56 Å². The van der Waals surface area contributed by atoms with E-state index in [9.17, 15) is 9.18 Å². The summed E-state index contributed by atoms with van der Waals surface area (Å²) in [6, 6.07) is 11.8. The number of nitrogens with zero attached hydrogens (tertiary/aromatic N) is 5. The largest absolute Gasteiger partial charge is 0.286 e. The zero-order valence-corrected chi connectivity index (χ0v) is 14.6. The Balaban J connectivity index is 2.14. The van der Waals surface area contributed by atoms with Gasteiger partial charge in [0.05, 0.1) is 17.8 Å². The van der Waals surface area contributed by atoms with Crippen LogP contribution in [-0.2, 0) is 6.54 Å². The molecule has 0 radical (unpaired) electrons. The molecule has 130 valence electrons. The summed E-state index contributed by atoms with van der Waals surface area (Å²) >= 11 is 12.0. The lowest BCUT2D eigenvalue weighted by Gasteiger charge is -2.12. The van der Waals surface area contributed by atoms with Crippen molar-refractivity contribution in [3.63, 3.8) is 0 Å². The van der Waals surface area contributed by atoms with Crippen LogP contribution in [0, 0.1) is 5.82 Å². The van der Waals surface area contributed by atoms with Crippen molar-refractivity contribution in [3.05, 3.63) is 90.9 Å². The topological polar surface area (TPSA) is 83.7 Å². The Morgan fingerprint density at radius 2 is 1.92 bits per heavy atom. The Morgan fingerprint density at radius 3 is 2.62 bits per heavy atom. The molecule has 1 heterocycles. The van der Waals surface area contributed by atoms with Crippen LogP contribution >= 0.6 is 23.2 Å². The molecule has 1 aromatic heterocycles. The molecular formula is C17H10Cl2FN5O. The normalized spacial score (nSPS) is 10.4. The molecule has 0 saturated heterocycles. The first kappa shape index (κ1) is 17.9. The quantitative estimate of drug-likeness (QED) is 0.342. The SMILES string of the molecule is [N-]=[N+]=Nc1ccc(Cl)c(F)c1-c1cnn(Cc2ccccc2)c(=O)c1Cl. The summed E-state index contributed by atoms with van der Waals surface area (Å²) in [6.07, 6.45) is 1.25. The van der Waals surface area contributed by atoms with E-state index in [4.69, 9.17) is 28.7 Å². The van der Waals surface area contributed by atoms with Crippen molar-refractivity contribution in [3.8, 4) is 11.1 Å². The second-order valence-electron chi connectivity index (χ2n) is 5.27. The molecule has 0 aliphatic carbocycles. The molecule has 9 heteroatoms. The molecule has 6 nitrogen and oxygen atoms in total. The molecule has 0 unspecified atom stereocenters. The summed E-state index contributed by atoms with van der Waals surface area (Å²) < 4.78 is 15.7. The fourth-order valence-corrected chi connectivity index (χ4v) is 2.83. The predicted molar refractivity (Wildman–Crippen MR) is 98.3 cm³/mol. The Kier molecular flexibility index (Phi) is 5.23. The van der Waals surface area contributed by atoms with Crippen LogP contribution in [0.2, 0.25) is 10.0 Å². The average Bonchev–Trinajstić information content (AvgIpc) is 2.65. The molecule has 3 rings (SSSR count). The van der Waals surface area contributed by atoms with Gasteiger partial charge < -0.3 is 0 Å². The number of azide groups is 1. The zero-order valence-electron chi connectivity index (χ0n) is 13.1. The van der Waals surface area contributed by atoms with Crippen molar-refractivity contribution >= 4 is 28.9 Å². The van der Waals surface area contributed by atoms with E-state index in [2.05, 4.69) is 15.1 Å². The van der Waals surface area contributed by atoms with Gasteiger partial charge in [-0.1, -0.05) is 64.7 Å². The monoisotopic (exact) mass is 389 g/mol. The lowest BCUT2D eigenvalue weighted by molar-refractivity contribution is 0.627. The highest BCUT2D eigenvalue weighted by Crippen LogP contribution is 2.38. The summed E-state index contributed by atoms with van der Waals surface area (Å²) in [5.41, 5.74) is 8.72. The maximum absolute atomic E-state index is 14.5. The Labute approximate surface area is 157 Å². The number of rotatable bonds is 4. The van der Waals surface area contributed by atoms with Gasteiger partial charge in [-0.2, -0.15) is 5.10 Å². The molecular weight excluding hydrogens is 380 g/mol. The van der Waals surface area contributed by atoms with E-state index in [1.807, 2.05) is 30.3 Å². The molecule has 0 spiro atoms. The number of benzene rings is 2. The van der Waals surface area contributed by atoms with E-state index in [0.717, 1.165) is 10.2 Å².